The molecular weight excluding hydrogens is 418 g/mol. The Bertz CT molecular complexity index is 1040. The molecule has 33 heavy (non-hydrogen) atoms. The summed E-state index contributed by atoms with van der Waals surface area (Å²) in [6.45, 7) is 12.8. The molecule has 0 saturated carbocycles. The van der Waals surface area contributed by atoms with E-state index in [0.29, 0.717) is 43.0 Å². The quantitative estimate of drug-likeness (QED) is 0.536. The third kappa shape index (κ3) is 5.15. The Morgan fingerprint density at radius 2 is 1.82 bits per heavy atom. The maximum Gasteiger partial charge on any atom is 0.513 e. The summed E-state index contributed by atoms with van der Waals surface area (Å²) in [5.74, 6) is 6.32. The maximum absolute atomic E-state index is 13.6. The number of likely N-dealkylation sites (tertiary alicyclic amines) is 1. The zero-order valence-electron chi connectivity index (χ0n) is 20.2. The predicted molar refractivity (Wildman–Crippen MR) is 127 cm³/mol. The van der Waals surface area contributed by atoms with E-state index in [2.05, 4.69) is 23.3 Å². The van der Waals surface area contributed by atoms with Gasteiger partial charge in [0.2, 0.25) is 0 Å². The largest absolute Gasteiger partial charge is 0.513 e. The molecular formula is C27H33NO5. The Hall–Kier alpha value is -3.04. The van der Waals surface area contributed by atoms with E-state index in [9.17, 15) is 14.7 Å². The molecule has 6 nitrogen and oxygen atoms in total. The van der Waals surface area contributed by atoms with Gasteiger partial charge in [-0.05, 0) is 74.8 Å². The number of carbonyl (C=O) groups is 2. The molecule has 0 radical (unpaired) electrons. The minimum atomic E-state index is -0.823. The average molecular weight is 452 g/mol. The van der Waals surface area contributed by atoms with Crippen molar-refractivity contribution >= 4 is 17.5 Å². The summed E-state index contributed by atoms with van der Waals surface area (Å²) in [7, 11) is 1.26. The molecule has 1 aliphatic carbocycles. The first-order valence-electron chi connectivity index (χ1n) is 11.3. The Labute approximate surface area is 196 Å². The van der Waals surface area contributed by atoms with Gasteiger partial charge < -0.3 is 19.5 Å². The molecule has 6 heteroatoms. The SMILES string of the molecule is C=C(C(C)O)N1CCC2(CC1)CC(=O)C(c1c(C)cc(C#CC)cc1C)=C(OC(=O)OC)C2. The molecule has 0 aromatic heterocycles. The number of methoxy groups -OCH3 is 1. The Kier molecular flexibility index (Phi) is 7.34. The van der Waals surface area contributed by atoms with Crippen molar-refractivity contribution < 1.29 is 24.2 Å². The first kappa shape index (κ1) is 24.6. The minimum Gasteiger partial charge on any atom is -0.437 e. The van der Waals surface area contributed by atoms with Crippen LogP contribution < -0.4 is 0 Å². The molecule has 0 bridgehead atoms. The summed E-state index contributed by atoms with van der Waals surface area (Å²) >= 11 is 0. The highest BCUT2D eigenvalue weighted by Gasteiger charge is 2.44. The molecule has 1 aromatic rings. The first-order valence-corrected chi connectivity index (χ1v) is 11.3. The second-order valence-corrected chi connectivity index (χ2v) is 9.15. The molecule has 1 N–H and O–H groups in total. The van der Waals surface area contributed by atoms with Crippen molar-refractivity contribution in [1.82, 2.24) is 4.90 Å². The molecule has 1 spiro atoms. The van der Waals surface area contributed by atoms with Gasteiger partial charge in [-0.2, -0.15) is 0 Å². The van der Waals surface area contributed by atoms with Crippen LogP contribution in [0.1, 0.15) is 61.8 Å². The summed E-state index contributed by atoms with van der Waals surface area (Å²) in [4.78, 5) is 27.8. The van der Waals surface area contributed by atoms with Crippen molar-refractivity contribution in [3.05, 3.63) is 52.4 Å². The van der Waals surface area contributed by atoms with E-state index in [-0.39, 0.29) is 11.2 Å². The summed E-state index contributed by atoms with van der Waals surface area (Å²) in [5, 5.41) is 9.87. The molecule has 1 fully saturated rings. The third-order valence-electron chi connectivity index (χ3n) is 6.77. The number of rotatable bonds is 4. The van der Waals surface area contributed by atoms with Crippen LogP contribution in [0.15, 0.2) is 30.2 Å². The van der Waals surface area contributed by atoms with Crippen LogP contribution in [-0.4, -0.2) is 48.2 Å². The van der Waals surface area contributed by atoms with Crippen LogP contribution in [-0.2, 0) is 14.3 Å². The highest BCUT2D eigenvalue weighted by molar-refractivity contribution is 6.23. The van der Waals surface area contributed by atoms with Crippen LogP contribution in [0.5, 0.6) is 0 Å². The van der Waals surface area contributed by atoms with Gasteiger partial charge in [0.25, 0.3) is 0 Å². The minimum absolute atomic E-state index is 0.0246. The third-order valence-corrected chi connectivity index (χ3v) is 6.77. The molecule has 1 heterocycles. The van der Waals surface area contributed by atoms with Gasteiger partial charge in [0.15, 0.2) is 5.78 Å². The number of hydrogen-bond donors (Lipinski definition) is 1. The van der Waals surface area contributed by atoms with Gasteiger partial charge in [-0.1, -0.05) is 12.5 Å². The van der Waals surface area contributed by atoms with Crippen molar-refractivity contribution in [2.24, 2.45) is 5.41 Å². The number of benzene rings is 1. The van der Waals surface area contributed by atoms with Crippen LogP contribution in [0.3, 0.4) is 0 Å². The number of piperidine rings is 1. The average Bonchev–Trinajstić information content (AvgIpc) is 2.75. The van der Waals surface area contributed by atoms with Crippen LogP contribution in [0, 0.1) is 31.1 Å². The molecule has 1 unspecified atom stereocenters. The first-order chi connectivity index (χ1) is 15.6. The van der Waals surface area contributed by atoms with Crippen LogP contribution >= 0.6 is 0 Å². The van der Waals surface area contributed by atoms with E-state index in [1.54, 1.807) is 13.8 Å². The van der Waals surface area contributed by atoms with E-state index in [4.69, 9.17) is 9.47 Å². The van der Waals surface area contributed by atoms with E-state index in [1.165, 1.54) is 7.11 Å². The van der Waals surface area contributed by atoms with Crippen LogP contribution in [0.2, 0.25) is 0 Å². The standard InChI is InChI=1S/C27H33NO5/c1-7-8-21-13-17(2)24(18(3)14-21)25-22(30)15-27(16-23(25)33-26(31)32-6)9-11-28(12-10-27)19(4)20(5)29/h13-14,20,29H,4,9-12,15-16H2,1-3,5-6H3. The Balaban J connectivity index is 2.01. The second kappa shape index (κ2) is 9.84. The molecule has 1 atom stereocenters. The normalized spacial score (nSPS) is 18.5. The number of aryl methyl sites for hydroxylation is 2. The van der Waals surface area contributed by atoms with Gasteiger partial charge in [-0.15, -0.1) is 5.92 Å². The summed E-state index contributed by atoms with van der Waals surface area (Å²) < 4.78 is 10.4. The lowest BCUT2D eigenvalue weighted by molar-refractivity contribution is -0.117. The van der Waals surface area contributed by atoms with Crippen molar-refractivity contribution in [1.29, 1.82) is 0 Å². The summed E-state index contributed by atoms with van der Waals surface area (Å²) in [5.41, 5.74) is 4.38. The lowest BCUT2D eigenvalue weighted by Gasteiger charge is -2.45. The monoisotopic (exact) mass is 451 g/mol. The Morgan fingerprint density at radius 3 is 2.33 bits per heavy atom. The number of aliphatic hydroxyl groups excluding tert-OH is 1. The number of hydrogen-bond acceptors (Lipinski definition) is 6. The van der Waals surface area contributed by atoms with E-state index < -0.39 is 12.3 Å². The fraction of sp³-hybridized carbons (Fsp3) is 0.481. The van der Waals surface area contributed by atoms with Gasteiger partial charge in [-0.25, -0.2) is 4.79 Å². The number of nitrogens with zero attached hydrogens (tertiary/aromatic N) is 1. The van der Waals surface area contributed by atoms with Gasteiger partial charge >= 0.3 is 6.16 Å². The lowest BCUT2D eigenvalue weighted by Crippen LogP contribution is -2.44. The van der Waals surface area contributed by atoms with Gasteiger partial charge in [-0.3, -0.25) is 4.79 Å². The van der Waals surface area contributed by atoms with Crippen LogP contribution in [0.4, 0.5) is 4.79 Å². The Morgan fingerprint density at radius 1 is 1.21 bits per heavy atom. The summed E-state index contributed by atoms with van der Waals surface area (Å²) in [6, 6.07) is 3.92. The zero-order chi connectivity index (χ0) is 24.3. The van der Waals surface area contributed by atoms with Crippen molar-refractivity contribution in [3.8, 4) is 11.8 Å². The number of ether oxygens (including phenoxy) is 2. The molecule has 1 aliphatic heterocycles. The molecule has 0 amide bonds. The molecule has 176 valence electrons. The highest BCUT2D eigenvalue weighted by Crippen LogP contribution is 2.49. The highest BCUT2D eigenvalue weighted by atomic mass is 16.7. The fourth-order valence-electron chi connectivity index (χ4n) is 5.04. The number of carbonyl (C=O) groups excluding carboxylic acids is 2. The van der Waals surface area contributed by atoms with E-state index in [0.717, 1.165) is 35.1 Å². The number of aliphatic hydroxyl groups is 1. The maximum atomic E-state index is 13.6. The van der Waals surface area contributed by atoms with Crippen molar-refractivity contribution in [2.75, 3.05) is 20.2 Å². The van der Waals surface area contributed by atoms with Gasteiger partial charge in [0.05, 0.1) is 18.8 Å². The van der Waals surface area contributed by atoms with E-state index >= 15 is 0 Å². The lowest BCUT2D eigenvalue weighted by atomic mass is 9.66. The van der Waals surface area contributed by atoms with Gasteiger partial charge in [0.1, 0.15) is 5.76 Å². The molecule has 1 saturated heterocycles. The number of ketones is 1. The van der Waals surface area contributed by atoms with Gasteiger partial charge in [0, 0.05) is 37.2 Å². The second-order valence-electron chi connectivity index (χ2n) is 9.15. The number of allylic oxidation sites excluding steroid dienone is 2. The smallest absolute Gasteiger partial charge is 0.437 e. The molecule has 2 aliphatic rings. The predicted octanol–water partition coefficient (Wildman–Crippen LogP) is 4.51. The van der Waals surface area contributed by atoms with Crippen molar-refractivity contribution in [2.45, 2.75) is 59.5 Å². The fourth-order valence-corrected chi connectivity index (χ4v) is 5.04. The summed E-state index contributed by atoms with van der Waals surface area (Å²) in [6.07, 6.45) is 0.928. The van der Waals surface area contributed by atoms with Crippen molar-refractivity contribution in [3.63, 3.8) is 0 Å². The van der Waals surface area contributed by atoms with E-state index in [1.807, 2.05) is 26.0 Å². The van der Waals surface area contributed by atoms with Crippen LogP contribution in [0.25, 0.3) is 5.57 Å². The molecule has 3 rings (SSSR count). The number of Topliss-reactive ketones (excluding diaryl/α,β-unsaturated/α-hetero) is 1. The topological polar surface area (TPSA) is 76.1 Å². The molecule has 1 aromatic carbocycles. The zero-order valence-corrected chi connectivity index (χ0v) is 20.2.